The zero-order chi connectivity index (χ0) is 13.8. The van der Waals surface area contributed by atoms with Gasteiger partial charge in [0.05, 0.1) is 23.9 Å². The minimum atomic E-state index is -0.385. The molecule has 0 spiro atoms. The number of hydrogen-bond acceptors (Lipinski definition) is 4. The number of methoxy groups -OCH3 is 1. The van der Waals surface area contributed by atoms with E-state index in [-0.39, 0.29) is 17.2 Å². The van der Waals surface area contributed by atoms with E-state index in [2.05, 4.69) is 10.3 Å². The lowest BCUT2D eigenvalue weighted by Crippen LogP contribution is -2.12. The minimum Gasteiger partial charge on any atom is -0.506 e. The van der Waals surface area contributed by atoms with E-state index in [0.29, 0.717) is 16.5 Å². The summed E-state index contributed by atoms with van der Waals surface area (Å²) in [6, 6.07) is 6.22. The summed E-state index contributed by atoms with van der Waals surface area (Å²) in [4.78, 5) is 15.6. The van der Waals surface area contributed by atoms with E-state index in [1.807, 2.05) is 0 Å². The highest BCUT2D eigenvalue weighted by molar-refractivity contribution is 6.32. The number of ether oxygens (including phenoxy) is 1. The van der Waals surface area contributed by atoms with Crippen LogP contribution in [0.25, 0.3) is 0 Å². The molecule has 0 aliphatic heterocycles. The molecule has 2 rings (SSSR count). The molecule has 0 atom stereocenters. The van der Waals surface area contributed by atoms with Crippen LogP contribution >= 0.6 is 11.6 Å². The van der Waals surface area contributed by atoms with Crippen LogP contribution in [0.3, 0.4) is 0 Å². The predicted molar refractivity (Wildman–Crippen MR) is 71.9 cm³/mol. The maximum absolute atomic E-state index is 11.9. The van der Waals surface area contributed by atoms with Crippen molar-refractivity contribution in [3.8, 4) is 11.5 Å². The second-order valence-corrected chi connectivity index (χ2v) is 4.14. The summed E-state index contributed by atoms with van der Waals surface area (Å²) in [6.07, 6.45) is 2.61. The summed E-state index contributed by atoms with van der Waals surface area (Å²) in [5, 5.41) is 12.3. The number of aromatic hydroxyl groups is 1. The maximum atomic E-state index is 11.9. The van der Waals surface area contributed by atoms with Gasteiger partial charge in [-0.15, -0.1) is 0 Å². The molecule has 19 heavy (non-hydrogen) atoms. The summed E-state index contributed by atoms with van der Waals surface area (Å²) >= 11 is 5.96. The quantitative estimate of drug-likeness (QED) is 0.905. The first-order chi connectivity index (χ1) is 9.10. The summed E-state index contributed by atoms with van der Waals surface area (Å²) in [7, 11) is 1.51. The third kappa shape index (κ3) is 3.14. The van der Waals surface area contributed by atoms with Crippen LogP contribution in [0, 0.1) is 0 Å². The van der Waals surface area contributed by atoms with E-state index in [1.54, 1.807) is 18.2 Å². The van der Waals surface area contributed by atoms with Crippen LogP contribution in [0.15, 0.2) is 36.7 Å². The zero-order valence-corrected chi connectivity index (χ0v) is 10.8. The molecule has 0 saturated heterocycles. The van der Waals surface area contributed by atoms with Crippen LogP contribution in [-0.2, 0) is 0 Å². The van der Waals surface area contributed by atoms with E-state index >= 15 is 0 Å². The molecular weight excluding hydrogens is 268 g/mol. The number of rotatable bonds is 3. The maximum Gasteiger partial charge on any atom is 0.257 e. The van der Waals surface area contributed by atoms with E-state index in [4.69, 9.17) is 16.3 Å². The van der Waals surface area contributed by atoms with Crippen LogP contribution in [0.5, 0.6) is 11.5 Å². The first kappa shape index (κ1) is 13.2. The largest absolute Gasteiger partial charge is 0.506 e. The Bertz CT molecular complexity index is 617. The van der Waals surface area contributed by atoms with Gasteiger partial charge in [0.1, 0.15) is 11.5 Å². The van der Waals surface area contributed by atoms with Gasteiger partial charge in [0.25, 0.3) is 5.91 Å². The molecule has 1 amide bonds. The van der Waals surface area contributed by atoms with Gasteiger partial charge in [-0.2, -0.15) is 0 Å². The third-order valence-electron chi connectivity index (χ3n) is 2.40. The molecule has 1 aromatic heterocycles. The van der Waals surface area contributed by atoms with Crippen LogP contribution < -0.4 is 10.1 Å². The first-order valence-electron chi connectivity index (χ1n) is 5.39. The fourth-order valence-electron chi connectivity index (χ4n) is 1.50. The Balaban J connectivity index is 2.17. The Morgan fingerprint density at radius 3 is 2.79 bits per heavy atom. The Morgan fingerprint density at radius 2 is 2.16 bits per heavy atom. The van der Waals surface area contributed by atoms with Crippen molar-refractivity contribution >= 4 is 23.2 Å². The Kier molecular flexibility index (Phi) is 3.87. The lowest BCUT2D eigenvalue weighted by molar-refractivity contribution is 0.102. The summed E-state index contributed by atoms with van der Waals surface area (Å²) < 4.78 is 5.02. The second kappa shape index (κ2) is 5.58. The predicted octanol–water partition coefficient (Wildman–Crippen LogP) is 2.70. The average Bonchev–Trinajstić information content (AvgIpc) is 2.39. The second-order valence-electron chi connectivity index (χ2n) is 3.74. The van der Waals surface area contributed by atoms with E-state index in [9.17, 15) is 9.90 Å². The first-order valence-corrected chi connectivity index (χ1v) is 5.77. The van der Waals surface area contributed by atoms with Crippen molar-refractivity contribution in [1.82, 2.24) is 4.98 Å². The third-order valence-corrected chi connectivity index (χ3v) is 2.69. The Labute approximate surface area is 114 Å². The molecule has 0 bridgehead atoms. The molecular formula is C13H11ClN2O3. The average molecular weight is 279 g/mol. The van der Waals surface area contributed by atoms with Gasteiger partial charge in [-0.3, -0.25) is 9.78 Å². The smallest absolute Gasteiger partial charge is 0.257 e. The lowest BCUT2D eigenvalue weighted by Gasteiger charge is -2.08. The molecule has 0 aliphatic carbocycles. The summed E-state index contributed by atoms with van der Waals surface area (Å²) in [6.45, 7) is 0. The summed E-state index contributed by atoms with van der Waals surface area (Å²) in [5.74, 6) is 0.0729. The number of benzene rings is 1. The fourth-order valence-corrected chi connectivity index (χ4v) is 1.76. The molecule has 2 aromatic rings. The van der Waals surface area contributed by atoms with Crippen LogP contribution in [0.4, 0.5) is 5.69 Å². The number of aromatic nitrogens is 1. The van der Waals surface area contributed by atoms with Gasteiger partial charge in [0.15, 0.2) is 0 Å². The number of nitrogens with zero attached hydrogens (tertiary/aromatic N) is 1. The molecule has 98 valence electrons. The SMILES string of the molecule is COc1ccc(NC(=O)c2cncc(O)c2)cc1Cl. The van der Waals surface area contributed by atoms with Gasteiger partial charge in [-0.05, 0) is 24.3 Å². The van der Waals surface area contributed by atoms with Crippen LogP contribution in [-0.4, -0.2) is 23.1 Å². The van der Waals surface area contributed by atoms with Gasteiger partial charge in [0.2, 0.25) is 0 Å². The highest BCUT2D eigenvalue weighted by Gasteiger charge is 2.09. The van der Waals surface area contributed by atoms with Crippen molar-refractivity contribution in [2.75, 3.05) is 12.4 Å². The lowest BCUT2D eigenvalue weighted by atomic mass is 10.2. The number of amides is 1. The zero-order valence-electron chi connectivity index (χ0n) is 10.1. The monoisotopic (exact) mass is 278 g/mol. The minimum absolute atomic E-state index is 0.0691. The highest BCUT2D eigenvalue weighted by Crippen LogP contribution is 2.27. The highest BCUT2D eigenvalue weighted by atomic mass is 35.5. The van der Waals surface area contributed by atoms with Crippen molar-refractivity contribution in [2.24, 2.45) is 0 Å². The van der Waals surface area contributed by atoms with Crippen molar-refractivity contribution in [3.63, 3.8) is 0 Å². The molecule has 5 nitrogen and oxygen atoms in total. The number of carbonyl (C=O) groups excluding carboxylic acids is 1. The standard InChI is InChI=1S/C13H11ClN2O3/c1-19-12-3-2-9(5-11(12)14)16-13(18)8-4-10(17)7-15-6-8/h2-7,17H,1H3,(H,16,18). The molecule has 0 radical (unpaired) electrons. The van der Waals surface area contributed by atoms with Gasteiger partial charge >= 0.3 is 0 Å². The molecule has 0 unspecified atom stereocenters. The Hall–Kier alpha value is -2.27. The van der Waals surface area contributed by atoms with Gasteiger partial charge < -0.3 is 15.2 Å². The number of hydrogen-bond donors (Lipinski definition) is 2. The van der Waals surface area contributed by atoms with E-state index in [1.165, 1.54) is 25.6 Å². The van der Waals surface area contributed by atoms with Gasteiger partial charge in [0, 0.05) is 11.9 Å². The van der Waals surface area contributed by atoms with E-state index < -0.39 is 0 Å². The van der Waals surface area contributed by atoms with Crippen LogP contribution in [0.2, 0.25) is 5.02 Å². The van der Waals surface area contributed by atoms with Crippen molar-refractivity contribution < 1.29 is 14.6 Å². The molecule has 1 heterocycles. The number of pyridine rings is 1. The number of carbonyl (C=O) groups is 1. The van der Waals surface area contributed by atoms with Crippen molar-refractivity contribution in [2.45, 2.75) is 0 Å². The number of halogens is 1. The molecule has 2 N–H and O–H groups in total. The molecule has 0 aliphatic rings. The molecule has 0 fully saturated rings. The number of anilines is 1. The fraction of sp³-hybridized carbons (Fsp3) is 0.0769. The van der Waals surface area contributed by atoms with Crippen molar-refractivity contribution in [3.05, 3.63) is 47.2 Å². The molecule has 1 aromatic carbocycles. The van der Waals surface area contributed by atoms with Crippen LogP contribution in [0.1, 0.15) is 10.4 Å². The van der Waals surface area contributed by atoms with E-state index in [0.717, 1.165) is 0 Å². The van der Waals surface area contributed by atoms with Gasteiger partial charge in [-0.1, -0.05) is 11.6 Å². The Morgan fingerprint density at radius 1 is 1.37 bits per heavy atom. The number of nitrogens with one attached hydrogen (secondary N) is 1. The topological polar surface area (TPSA) is 71.5 Å². The normalized spacial score (nSPS) is 10.0. The summed E-state index contributed by atoms with van der Waals surface area (Å²) in [5.41, 5.74) is 0.783. The van der Waals surface area contributed by atoms with Gasteiger partial charge in [-0.25, -0.2) is 0 Å². The molecule has 6 heteroatoms. The van der Waals surface area contributed by atoms with Crippen molar-refractivity contribution in [1.29, 1.82) is 0 Å². The molecule has 0 saturated carbocycles.